The van der Waals surface area contributed by atoms with E-state index < -0.39 is 12.1 Å². The number of aliphatic hydroxyl groups is 1. The molecule has 0 saturated heterocycles. The molecule has 1 aliphatic heterocycles. The van der Waals surface area contributed by atoms with Crippen LogP contribution >= 0.6 is 0 Å². The summed E-state index contributed by atoms with van der Waals surface area (Å²) in [7, 11) is 0. The number of hydrogen-bond donors (Lipinski definition) is 3. The minimum atomic E-state index is -0.714. The molecule has 0 unspecified atom stereocenters. The Morgan fingerprint density at radius 3 is 2.96 bits per heavy atom. The number of carboxylic acid groups (broad SMARTS) is 1. The largest absolute Gasteiger partial charge is 0.491 e. The highest BCUT2D eigenvalue weighted by Gasteiger charge is 2.33. The molecule has 0 radical (unpaired) electrons. The van der Waals surface area contributed by atoms with Crippen molar-refractivity contribution >= 4 is 5.97 Å². The van der Waals surface area contributed by atoms with E-state index in [9.17, 15) is 15.0 Å². The summed E-state index contributed by atoms with van der Waals surface area (Å²) < 4.78 is 5.83. The van der Waals surface area contributed by atoms with Crippen molar-refractivity contribution in [2.45, 2.75) is 57.2 Å². The van der Waals surface area contributed by atoms with E-state index in [1.807, 2.05) is 18.2 Å². The SMILES string of the molecule is CCc1ccc2c(c1)OC[C@@H](N[C@H]1CCC[C@@H](C(=O)O)C1)[C@H]2O. The van der Waals surface area contributed by atoms with E-state index >= 15 is 0 Å². The molecule has 0 spiro atoms. The number of benzene rings is 1. The molecular weight excluding hydrogens is 294 g/mol. The zero-order chi connectivity index (χ0) is 16.4. The van der Waals surface area contributed by atoms with E-state index in [4.69, 9.17) is 4.74 Å². The molecule has 1 aromatic rings. The number of carbonyl (C=O) groups is 1. The van der Waals surface area contributed by atoms with Gasteiger partial charge in [0.2, 0.25) is 0 Å². The average Bonchev–Trinajstić information content (AvgIpc) is 2.57. The van der Waals surface area contributed by atoms with Crippen molar-refractivity contribution in [2.24, 2.45) is 5.92 Å². The van der Waals surface area contributed by atoms with E-state index in [1.54, 1.807) is 0 Å². The second-order valence-electron chi connectivity index (χ2n) is 6.65. The fourth-order valence-electron chi connectivity index (χ4n) is 3.66. The lowest BCUT2D eigenvalue weighted by Crippen LogP contribution is -2.49. The average molecular weight is 319 g/mol. The van der Waals surface area contributed by atoms with Gasteiger partial charge in [-0.1, -0.05) is 25.5 Å². The summed E-state index contributed by atoms with van der Waals surface area (Å²) in [6, 6.07) is 5.90. The maximum Gasteiger partial charge on any atom is 0.306 e. The third kappa shape index (κ3) is 3.51. The van der Waals surface area contributed by atoms with Gasteiger partial charge in [-0.15, -0.1) is 0 Å². The van der Waals surface area contributed by atoms with Crippen molar-refractivity contribution in [1.29, 1.82) is 0 Å². The standard InChI is InChI=1S/C18H25NO4/c1-2-11-6-7-14-16(8-11)23-10-15(17(14)20)19-13-5-3-4-12(9-13)18(21)22/h6-8,12-13,15,17,19-20H,2-5,9-10H2,1H3,(H,21,22)/t12-,13+,15-,17+/m1/s1. The summed E-state index contributed by atoms with van der Waals surface area (Å²) in [6.45, 7) is 2.50. The number of aryl methyl sites for hydroxylation is 1. The van der Waals surface area contributed by atoms with Crippen LogP contribution in [0.3, 0.4) is 0 Å². The quantitative estimate of drug-likeness (QED) is 0.793. The van der Waals surface area contributed by atoms with Gasteiger partial charge >= 0.3 is 5.97 Å². The fraction of sp³-hybridized carbons (Fsp3) is 0.611. The van der Waals surface area contributed by atoms with Gasteiger partial charge in [0, 0.05) is 11.6 Å². The molecule has 126 valence electrons. The molecule has 3 N–H and O–H groups in total. The van der Waals surface area contributed by atoms with E-state index in [0.29, 0.717) is 13.0 Å². The van der Waals surface area contributed by atoms with Gasteiger partial charge in [0.15, 0.2) is 0 Å². The minimum absolute atomic E-state index is 0.129. The first-order valence-electron chi connectivity index (χ1n) is 8.51. The number of ether oxygens (including phenoxy) is 1. The zero-order valence-corrected chi connectivity index (χ0v) is 13.5. The van der Waals surface area contributed by atoms with Crippen molar-refractivity contribution in [3.05, 3.63) is 29.3 Å². The van der Waals surface area contributed by atoms with Crippen LogP contribution in [-0.2, 0) is 11.2 Å². The van der Waals surface area contributed by atoms with Crippen LogP contribution in [0.5, 0.6) is 5.75 Å². The van der Waals surface area contributed by atoms with Crippen LogP contribution in [0.2, 0.25) is 0 Å². The van der Waals surface area contributed by atoms with Crippen LogP contribution in [0, 0.1) is 5.92 Å². The topological polar surface area (TPSA) is 78.8 Å². The predicted molar refractivity (Wildman–Crippen MR) is 86.6 cm³/mol. The molecule has 5 nitrogen and oxygen atoms in total. The van der Waals surface area contributed by atoms with Crippen LogP contribution in [0.25, 0.3) is 0 Å². The fourth-order valence-corrected chi connectivity index (χ4v) is 3.66. The Morgan fingerprint density at radius 1 is 1.39 bits per heavy atom. The highest BCUT2D eigenvalue weighted by Crippen LogP contribution is 2.34. The van der Waals surface area contributed by atoms with Gasteiger partial charge in [0.1, 0.15) is 18.5 Å². The molecule has 2 aliphatic rings. The molecule has 1 saturated carbocycles. The van der Waals surface area contributed by atoms with Gasteiger partial charge in [-0.25, -0.2) is 0 Å². The van der Waals surface area contributed by atoms with Crippen molar-refractivity contribution in [3.8, 4) is 5.75 Å². The molecule has 0 aromatic heterocycles. The van der Waals surface area contributed by atoms with Gasteiger partial charge in [-0.2, -0.15) is 0 Å². The third-order valence-electron chi connectivity index (χ3n) is 5.08. The van der Waals surface area contributed by atoms with Gasteiger partial charge < -0.3 is 20.3 Å². The van der Waals surface area contributed by atoms with Gasteiger partial charge in [-0.05, 0) is 37.3 Å². The third-order valence-corrected chi connectivity index (χ3v) is 5.08. The number of nitrogens with one attached hydrogen (secondary N) is 1. The summed E-state index contributed by atoms with van der Waals surface area (Å²) in [6.07, 6.45) is 3.56. The Hall–Kier alpha value is -1.59. The first-order chi connectivity index (χ1) is 11.1. The molecule has 1 aromatic carbocycles. The van der Waals surface area contributed by atoms with E-state index in [1.165, 1.54) is 5.56 Å². The Balaban J connectivity index is 1.66. The molecule has 0 amide bonds. The Labute approximate surface area is 136 Å². The molecule has 1 fully saturated rings. The first-order valence-corrected chi connectivity index (χ1v) is 8.51. The van der Waals surface area contributed by atoms with E-state index in [2.05, 4.69) is 12.2 Å². The monoisotopic (exact) mass is 319 g/mol. The zero-order valence-electron chi connectivity index (χ0n) is 13.5. The molecule has 1 heterocycles. The van der Waals surface area contributed by atoms with Crippen LogP contribution in [0.4, 0.5) is 0 Å². The van der Waals surface area contributed by atoms with Crippen LogP contribution in [-0.4, -0.2) is 34.9 Å². The van der Waals surface area contributed by atoms with Crippen LogP contribution in [0.15, 0.2) is 18.2 Å². The number of rotatable bonds is 4. The predicted octanol–water partition coefficient (Wildman–Crippen LogP) is 2.28. The molecular formula is C18H25NO4. The lowest BCUT2D eigenvalue weighted by Gasteiger charge is -2.36. The van der Waals surface area contributed by atoms with Crippen molar-refractivity contribution in [2.75, 3.05) is 6.61 Å². The highest BCUT2D eigenvalue weighted by molar-refractivity contribution is 5.70. The number of aliphatic carboxylic acids is 1. The second-order valence-corrected chi connectivity index (χ2v) is 6.65. The van der Waals surface area contributed by atoms with Gasteiger partial charge in [0.05, 0.1) is 12.0 Å². The summed E-state index contributed by atoms with van der Waals surface area (Å²) in [4.78, 5) is 11.2. The lowest BCUT2D eigenvalue weighted by molar-refractivity contribution is -0.143. The van der Waals surface area contributed by atoms with E-state index in [-0.39, 0.29) is 18.0 Å². The normalized spacial score (nSPS) is 30.3. The summed E-state index contributed by atoms with van der Waals surface area (Å²) in [5, 5.41) is 23.2. The van der Waals surface area contributed by atoms with Crippen LogP contribution < -0.4 is 10.1 Å². The van der Waals surface area contributed by atoms with Crippen molar-refractivity contribution in [1.82, 2.24) is 5.32 Å². The molecule has 0 bridgehead atoms. The Morgan fingerprint density at radius 2 is 2.22 bits per heavy atom. The number of aliphatic hydroxyl groups excluding tert-OH is 1. The van der Waals surface area contributed by atoms with Crippen LogP contribution in [0.1, 0.15) is 49.8 Å². The summed E-state index contributed by atoms with van der Waals surface area (Å²) >= 11 is 0. The lowest BCUT2D eigenvalue weighted by atomic mass is 9.85. The van der Waals surface area contributed by atoms with Gasteiger partial charge in [0.25, 0.3) is 0 Å². The van der Waals surface area contributed by atoms with Crippen molar-refractivity contribution in [3.63, 3.8) is 0 Å². The number of fused-ring (bicyclic) bond motifs is 1. The molecule has 1 aliphatic carbocycles. The molecule has 23 heavy (non-hydrogen) atoms. The maximum absolute atomic E-state index is 11.2. The Kier molecular flexibility index (Phi) is 4.87. The summed E-state index contributed by atoms with van der Waals surface area (Å²) in [5.74, 6) is -0.223. The minimum Gasteiger partial charge on any atom is -0.491 e. The van der Waals surface area contributed by atoms with E-state index in [0.717, 1.165) is 37.0 Å². The maximum atomic E-state index is 11.2. The Bertz CT molecular complexity index is 574. The number of carboxylic acids is 1. The smallest absolute Gasteiger partial charge is 0.306 e. The summed E-state index contributed by atoms with van der Waals surface area (Å²) in [5.41, 5.74) is 2.01. The second kappa shape index (κ2) is 6.89. The first kappa shape index (κ1) is 16.3. The van der Waals surface area contributed by atoms with Crippen molar-refractivity contribution < 1.29 is 19.7 Å². The van der Waals surface area contributed by atoms with Gasteiger partial charge in [-0.3, -0.25) is 4.79 Å². The molecule has 3 rings (SSSR count). The highest BCUT2D eigenvalue weighted by atomic mass is 16.5. The number of hydrogen-bond acceptors (Lipinski definition) is 4. The molecule has 4 atom stereocenters. The molecule has 5 heteroatoms.